The van der Waals surface area contributed by atoms with Gasteiger partial charge < -0.3 is 10.1 Å². The third-order valence-electron chi connectivity index (χ3n) is 2.90. The van der Waals surface area contributed by atoms with Crippen molar-refractivity contribution in [3.63, 3.8) is 0 Å². The second kappa shape index (κ2) is 9.09. The summed E-state index contributed by atoms with van der Waals surface area (Å²) in [6.45, 7) is 4.12. The van der Waals surface area contributed by atoms with E-state index < -0.39 is 0 Å². The van der Waals surface area contributed by atoms with Crippen LogP contribution in [0.5, 0.6) is 5.75 Å². The number of benzene rings is 1. The Labute approximate surface area is 130 Å². The van der Waals surface area contributed by atoms with Gasteiger partial charge in [0.15, 0.2) is 6.61 Å². The average molecular weight is 318 g/mol. The van der Waals surface area contributed by atoms with Crippen LogP contribution in [0, 0.1) is 0 Å². The number of unbranched alkanes of at least 4 members (excludes halogenated alkanes) is 2. The summed E-state index contributed by atoms with van der Waals surface area (Å²) in [6, 6.07) is 5.08. The third-order valence-corrected chi connectivity index (χ3v) is 3.43. The normalized spacial score (nSPS) is 12.0. The van der Waals surface area contributed by atoms with Gasteiger partial charge in [0.05, 0.1) is 5.02 Å². The summed E-state index contributed by atoms with van der Waals surface area (Å²) in [5.74, 6) is 0.324. The predicted octanol–water partition coefficient (Wildman–Crippen LogP) is 4.46. The van der Waals surface area contributed by atoms with Crippen molar-refractivity contribution in [3.8, 4) is 5.75 Å². The summed E-state index contributed by atoms with van der Waals surface area (Å²) in [5.41, 5.74) is 0. The van der Waals surface area contributed by atoms with Gasteiger partial charge in [-0.2, -0.15) is 0 Å². The number of amides is 1. The van der Waals surface area contributed by atoms with Crippen LogP contribution < -0.4 is 10.1 Å². The minimum atomic E-state index is -0.139. The lowest BCUT2D eigenvalue weighted by Crippen LogP contribution is -2.36. The van der Waals surface area contributed by atoms with Gasteiger partial charge in [-0.1, -0.05) is 49.4 Å². The quantitative estimate of drug-likeness (QED) is 0.719. The van der Waals surface area contributed by atoms with E-state index in [0.29, 0.717) is 15.8 Å². The van der Waals surface area contributed by atoms with Crippen LogP contribution in [0.3, 0.4) is 0 Å². The smallest absolute Gasteiger partial charge is 0.258 e. The highest BCUT2D eigenvalue weighted by molar-refractivity contribution is 6.35. The zero-order valence-corrected chi connectivity index (χ0v) is 13.4. The number of hydrogen-bond donors (Lipinski definition) is 1. The minimum Gasteiger partial charge on any atom is -0.482 e. The molecule has 1 aromatic carbocycles. The van der Waals surface area contributed by atoms with E-state index >= 15 is 0 Å². The maximum Gasteiger partial charge on any atom is 0.258 e. The van der Waals surface area contributed by atoms with Crippen molar-refractivity contribution in [2.75, 3.05) is 6.61 Å². The summed E-state index contributed by atoms with van der Waals surface area (Å²) in [4.78, 5) is 11.7. The Kier molecular flexibility index (Phi) is 7.78. The van der Waals surface area contributed by atoms with E-state index in [2.05, 4.69) is 12.2 Å². The van der Waals surface area contributed by atoms with Gasteiger partial charge in [0.1, 0.15) is 5.75 Å². The number of carbonyl (C=O) groups is 1. The fraction of sp³-hybridized carbons (Fsp3) is 0.533. The second-order valence-corrected chi connectivity index (χ2v) is 5.67. The van der Waals surface area contributed by atoms with Gasteiger partial charge in [-0.25, -0.2) is 0 Å². The molecule has 0 saturated heterocycles. The number of rotatable bonds is 8. The van der Waals surface area contributed by atoms with Crippen molar-refractivity contribution in [1.29, 1.82) is 0 Å². The Morgan fingerprint density at radius 2 is 2.10 bits per heavy atom. The molecule has 0 aromatic heterocycles. The molecule has 0 bridgehead atoms. The SMILES string of the molecule is CCCCC[C@@H](C)NC(=O)COc1ccc(Cl)cc1Cl. The van der Waals surface area contributed by atoms with E-state index in [1.165, 1.54) is 12.8 Å². The first-order valence-electron chi connectivity index (χ1n) is 6.90. The van der Waals surface area contributed by atoms with Crippen molar-refractivity contribution in [2.45, 2.75) is 45.6 Å². The van der Waals surface area contributed by atoms with Crippen molar-refractivity contribution in [3.05, 3.63) is 28.2 Å². The Morgan fingerprint density at radius 1 is 1.35 bits per heavy atom. The lowest BCUT2D eigenvalue weighted by Gasteiger charge is -2.14. The molecule has 1 amide bonds. The van der Waals surface area contributed by atoms with Crippen LogP contribution in [0.25, 0.3) is 0 Å². The van der Waals surface area contributed by atoms with E-state index in [-0.39, 0.29) is 18.6 Å². The molecular weight excluding hydrogens is 297 g/mol. The van der Waals surface area contributed by atoms with Gasteiger partial charge in [-0.15, -0.1) is 0 Å². The summed E-state index contributed by atoms with van der Waals surface area (Å²) < 4.78 is 5.38. The Balaban J connectivity index is 2.32. The summed E-state index contributed by atoms with van der Waals surface area (Å²) in [5, 5.41) is 3.85. The highest BCUT2D eigenvalue weighted by Crippen LogP contribution is 2.27. The molecule has 0 heterocycles. The number of halogens is 2. The van der Waals surface area contributed by atoms with Crippen LogP contribution in [0.15, 0.2) is 18.2 Å². The van der Waals surface area contributed by atoms with Crippen molar-refractivity contribution < 1.29 is 9.53 Å². The fourth-order valence-electron chi connectivity index (χ4n) is 1.82. The van der Waals surface area contributed by atoms with Crippen LogP contribution in [0.2, 0.25) is 10.0 Å². The topological polar surface area (TPSA) is 38.3 Å². The van der Waals surface area contributed by atoms with Crippen LogP contribution in [-0.2, 0) is 4.79 Å². The number of nitrogens with one attached hydrogen (secondary N) is 1. The van der Waals surface area contributed by atoms with Crippen molar-refractivity contribution in [2.24, 2.45) is 0 Å². The van der Waals surface area contributed by atoms with Gasteiger partial charge in [-0.05, 0) is 31.5 Å². The van der Waals surface area contributed by atoms with E-state index in [4.69, 9.17) is 27.9 Å². The summed E-state index contributed by atoms with van der Waals surface area (Å²) in [7, 11) is 0. The molecule has 0 spiro atoms. The van der Waals surface area contributed by atoms with Crippen LogP contribution in [-0.4, -0.2) is 18.6 Å². The van der Waals surface area contributed by atoms with Gasteiger partial charge in [0.2, 0.25) is 0 Å². The Bertz CT molecular complexity index is 438. The molecule has 20 heavy (non-hydrogen) atoms. The molecule has 0 saturated carbocycles. The molecule has 0 aliphatic rings. The van der Waals surface area contributed by atoms with Gasteiger partial charge in [0.25, 0.3) is 5.91 Å². The van der Waals surface area contributed by atoms with E-state index in [1.54, 1.807) is 18.2 Å². The number of hydrogen-bond acceptors (Lipinski definition) is 2. The van der Waals surface area contributed by atoms with E-state index in [1.807, 2.05) is 6.92 Å². The molecule has 0 unspecified atom stereocenters. The maximum absolute atomic E-state index is 11.7. The van der Waals surface area contributed by atoms with Gasteiger partial charge in [-0.3, -0.25) is 4.79 Å². The molecule has 3 nitrogen and oxygen atoms in total. The molecule has 1 N–H and O–H groups in total. The average Bonchev–Trinajstić information content (AvgIpc) is 2.38. The van der Waals surface area contributed by atoms with E-state index in [0.717, 1.165) is 12.8 Å². The molecule has 0 fully saturated rings. The zero-order chi connectivity index (χ0) is 15.0. The highest BCUT2D eigenvalue weighted by Gasteiger charge is 2.09. The minimum absolute atomic E-state index is 0.0422. The van der Waals surface area contributed by atoms with Crippen LogP contribution in [0.4, 0.5) is 0 Å². The molecule has 1 aromatic rings. The molecule has 0 radical (unpaired) electrons. The standard InChI is InChI=1S/C15H21Cl2NO2/c1-3-4-5-6-11(2)18-15(19)10-20-14-8-7-12(16)9-13(14)17/h7-9,11H,3-6,10H2,1-2H3,(H,18,19)/t11-/m1/s1. The highest BCUT2D eigenvalue weighted by atomic mass is 35.5. The number of carbonyl (C=O) groups excluding carboxylic acids is 1. The molecule has 1 rings (SSSR count). The second-order valence-electron chi connectivity index (χ2n) is 4.83. The molecule has 1 atom stereocenters. The van der Waals surface area contributed by atoms with E-state index in [9.17, 15) is 4.79 Å². The maximum atomic E-state index is 11.7. The molecule has 5 heteroatoms. The summed E-state index contributed by atoms with van der Waals surface area (Å²) >= 11 is 11.8. The first-order valence-corrected chi connectivity index (χ1v) is 7.65. The lowest BCUT2D eigenvalue weighted by molar-refractivity contribution is -0.123. The fourth-order valence-corrected chi connectivity index (χ4v) is 2.29. The Hall–Kier alpha value is -0.930. The largest absolute Gasteiger partial charge is 0.482 e. The first kappa shape index (κ1) is 17.1. The third kappa shape index (κ3) is 6.49. The monoisotopic (exact) mass is 317 g/mol. The van der Waals surface area contributed by atoms with Gasteiger partial charge in [0, 0.05) is 11.1 Å². The summed E-state index contributed by atoms with van der Waals surface area (Å²) in [6.07, 6.45) is 4.49. The van der Waals surface area contributed by atoms with Crippen LogP contribution in [0.1, 0.15) is 39.5 Å². The zero-order valence-electron chi connectivity index (χ0n) is 11.9. The Morgan fingerprint density at radius 3 is 2.75 bits per heavy atom. The molecular formula is C15H21Cl2NO2. The first-order chi connectivity index (χ1) is 9.52. The van der Waals surface area contributed by atoms with Gasteiger partial charge >= 0.3 is 0 Å². The molecule has 0 aliphatic carbocycles. The predicted molar refractivity (Wildman–Crippen MR) is 83.7 cm³/mol. The lowest BCUT2D eigenvalue weighted by atomic mass is 10.1. The molecule has 112 valence electrons. The van der Waals surface area contributed by atoms with Crippen LogP contribution >= 0.6 is 23.2 Å². The number of ether oxygens (including phenoxy) is 1. The van der Waals surface area contributed by atoms with Crippen molar-refractivity contribution >= 4 is 29.1 Å². The van der Waals surface area contributed by atoms with Crippen molar-refractivity contribution in [1.82, 2.24) is 5.32 Å². The molecule has 0 aliphatic heterocycles.